The Kier molecular flexibility index (Phi) is 6.56. The van der Waals surface area contributed by atoms with Crippen molar-refractivity contribution in [2.75, 3.05) is 10.6 Å². The molecule has 0 fully saturated rings. The molecule has 8 heteroatoms. The van der Waals surface area contributed by atoms with Gasteiger partial charge >= 0.3 is 0 Å². The fourth-order valence-corrected chi connectivity index (χ4v) is 3.23. The van der Waals surface area contributed by atoms with E-state index < -0.39 is 0 Å². The molecule has 0 atom stereocenters. The Hall–Kier alpha value is -2.83. The molecule has 1 aromatic heterocycles. The molecule has 0 saturated heterocycles. The summed E-state index contributed by atoms with van der Waals surface area (Å²) < 4.78 is 5.71. The number of aromatic nitrogens is 1. The zero-order valence-electron chi connectivity index (χ0n) is 15.9. The van der Waals surface area contributed by atoms with Crippen LogP contribution in [0.4, 0.5) is 11.4 Å². The van der Waals surface area contributed by atoms with E-state index in [2.05, 4.69) is 15.6 Å². The Bertz CT molecular complexity index is 1060. The van der Waals surface area contributed by atoms with Crippen molar-refractivity contribution in [1.82, 2.24) is 4.98 Å². The lowest BCUT2D eigenvalue weighted by molar-refractivity contribution is -0.116. The number of oxazole rings is 1. The number of hydrogen-bond acceptors (Lipinski definition) is 4. The minimum atomic E-state index is -0.216. The van der Waals surface area contributed by atoms with Crippen molar-refractivity contribution >= 4 is 46.4 Å². The van der Waals surface area contributed by atoms with Crippen molar-refractivity contribution in [2.45, 2.75) is 26.7 Å². The lowest BCUT2D eigenvalue weighted by Gasteiger charge is -2.12. The third-order valence-corrected chi connectivity index (χ3v) is 4.62. The van der Waals surface area contributed by atoms with Crippen molar-refractivity contribution in [1.29, 1.82) is 0 Å². The summed E-state index contributed by atoms with van der Waals surface area (Å²) in [5, 5.41) is 6.52. The molecular formula is C21H19Cl2N3O3. The summed E-state index contributed by atoms with van der Waals surface area (Å²) in [4.78, 5) is 27.9. The van der Waals surface area contributed by atoms with Crippen LogP contribution >= 0.6 is 23.2 Å². The number of nitrogens with zero attached hydrogens (tertiary/aromatic N) is 1. The van der Waals surface area contributed by atoms with Gasteiger partial charge in [0.15, 0.2) is 11.7 Å². The number of benzene rings is 2. The summed E-state index contributed by atoms with van der Waals surface area (Å²) in [6.07, 6.45) is 2.05. The van der Waals surface area contributed by atoms with Crippen LogP contribution in [0.15, 0.2) is 47.0 Å². The highest BCUT2D eigenvalue weighted by Crippen LogP contribution is 2.31. The summed E-state index contributed by atoms with van der Waals surface area (Å²) in [6.45, 7) is 3.32. The third kappa shape index (κ3) is 5.59. The molecule has 0 unspecified atom stereocenters. The molecule has 150 valence electrons. The number of amides is 2. The molecule has 0 bridgehead atoms. The van der Waals surface area contributed by atoms with Gasteiger partial charge in [0, 0.05) is 30.4 Å². The topological polar surface area (TPSA) is 84.2 Å². The number of halogens is 2. The fraction of sp³-hybridized carbons (Fsp3) is 0.190. The van der Waals surface area contributed by atoms with Gasteiger partial charge in [-0.3, -0.25) is 9.59 Å². The average molecular weight is 432 g/mol. The maximum Gasteiger partial charge on any atom is 0.224 e. The summed E-state index contributed by atoms with van der Waals surface area (Å²) in [7, 11) is 0. The monoisotopic (exact) mass is 431 g/mol. The van der Waals surface area contributed by atoms with Crippen LogP contribution in [-0.2, 0) is 16.0 Å². The van der Waals surface area contributed by atoms with E-state index in [1.807, 2.05) is 13.0 Å². The molecule has 0 radical (unpaired) electrons. The quantitative estimate of drug-likeness (QED) is 0.540. The number of carbonyl (C=O) groups excluding carboxylic acids is 2. The molecule has 0 spiro atoms. The zero-order chi connectivity index (χ0) is 21.0. The van der Waals surface area contributed by atoms with Gasteiger partial charge in [0.05, 0.1) is 22.6 Å². The van der Waals surface area contributed by atoms with Gasteiger partial charge in [0.25, 0.3) is 0 Å². The highest BCUT2D eigenvalue weighted by molar-refractivity contribution is 6.36. The maximum atomic E-state index is 12.4. The average Bonchev–Trinajstić information content (AvgIpc) is 3.10. The van der Waals surface area contributed by atoms with Gasteiger partial charge in [-0.05, 0) is 42.8 Å². The van der Waals surface area contributed by atoms with Gasteiger partial charge in [0.2, 0.25) is 11.8 Å². The number of carbonyl (C=O) groups is 2. The van der Waals surface area contributed by atoms with E-state index in [-0.39, 0.29) is 18.2 Å². The second kappa shape index (κ2) is 9.11. The van der Waals surface area contributed by atoms with Crippen LogP contribution in [0.3, 0.4) is 0 Å². The Morgan fingerprint density at radius 2 is 1.86 bits per heavy atom. The van der Waals surface area contributed by atoms with Crippen LogP contribution in [0.25, 0.3) is 11.3 Å². The molecule has 2 amide bonds. The molecular weight excluding hydrogens is 413 g/mol. The van der Waals surface area contributed by atoms with E-state index in [0.29, 0.717) is 45.1 Å². The molecule has 0 aliphatic heterocycles. The standard InChI is InChI=1S/C21H19Cl2N3O3/c1-12-3-6-17(25-13(2)27)18(9-12)26-20(28)7-8-21-24-11-19(29-21)15-5-4-14(22)10-16(15)23/h3-6,9-11H,7-8H2,1-2H3,(H,25,27)(H,26,28). The predicted octanol–water partition coefficient (Wildman–Crippen LogP) is 5.49. The van der Waals surface area contributed by atoms with Gasteiger partial charge < -0.3 is 15.1 Å². The van der Waals surface area contributed by atoms with Crippen molar-refractivity contribution in [2.24, 2.45) is 0 Å². The van der Waals surface area contributed by atoms with Crippen molar-refractivity contribution in [3.63, 3.8) is 0 Å². The summed E-state index contributed by atoms with van der Waals surface area (Å²) in [5.74, 6) is 0.505. The minimum absolute atomic E-state index is 0.168. The van der Waals surface area contributed by atoms with Gasteiger partial charge in [-0.25, -0.2) is 4.98 Å². The molecule has 3 rings (SSSR count). The number of nitrogens with one attached hydrogen (secondary N) is 2. The molecule has 3 aromatic rings. The zero-order valence-corrected chi connectivity index (χ0v) is 17.4. The summed E-state index contributed by atoms with van der Waals surface area (Å²) in [6, 6.07) is 10.5. The molecule has 29 heavy (non-hydrogen) atoms. The molecule has 2 aromatic carbocycles. The number of rotatable bonds is 6. The smallest absolute Gasteiger partial charge is 0.224 e. The van der Waals surface area contributed by atoms with Crippen LogP contribution in [0, 0.1) is 6.92 Å². The van der Waals surface area contributed by atoms with Gasteiger partial charge in [-0.2, -0.15) is 0 Å². The lowest BCUT2D eigenvalue weighted by atomic mass is 10.1. The van der Waals surface area contributed by atoms with Crippen molar-refractivity contribution in [3.8, 4) is 11.3 Å². The lowest BCUT2D eigenvalue weighted by Crippen LogP contribution is -2.15. The van der Waals surface area contributed by atoms with Gasteiger partial charge in [0.1, 0.15) is 0 Å². The Morgan fingerprint density at radius 3 is 2.59 bits per heavy atom. The van der Waals surface area contributed by atoms with Crippen molar-refractivity contribution < 1.29 is 14.0 Å². The molecule has 0 saturated carbocycles. The first-order valence-electron chi connectivity index (χ1n) is 8.90. The van der Waals surface area contributed by atoms with Crippen LogP contribution in [0.1, 0.15) is 24.8 Å². The van der Waals surface area contributed by atoms with Gasteiger partial charge in [-0.1, -0.05) is 29.3 Å². The highest BCUT2D eigenvalue weighted by Gasteiger charge is 2.13. The van der Waals surface area contributed by atoms with Crippen LogP contribution in [0.2, 0.25) is 10.0 Å². The SMILES string of the molecule is CC(=O)Nc1ccc(C)cc1NC(=O)CCc1ncc(-c2ccc(Cl)cc2Cl)o1. The van der Waals surface area contributed by atoms with E-state index in [4.69, 9.17) is 27.6 Å². The van der Waals surface area contributed by atoms with E-state index >= 15 is 0 Å². The summed E-state index contributed by atoms with van der Waals surface area (Å²) in [5.41, 5.74) is 2.74. The highest BCUT2D eigenvalue weighted by atomic mass is 35.5. The molecule has 0 aliphatic rings. The second-order valence-corrected chi connectivity index (χ2v) is 7.36. The van der Waals surface area contributed by atoms with Gasteiger partial charge in [-0.15, -0.1) is 0 Å². The number of hydrogen-bond donors (Lipinski definition) is 2. The van der Waals surface area contributed by atoms with E-state index in [9.17, 15) is 9.59 Å². The first kappa shape index (κ1) is 20.9. The fourth-order valence-electron chi connectivity index (χ4n) is 2.73. The van der Waals surface area contributed by atoms with E-state index in [1.54, 1.807) is 36.5 Å². The number of anilines is 2. The van der Waals surface area contributed by atoms with Crippen LogP contribution in [0.5, 0.6) is 0 Å². The van der Waals surface area contributed by atoms with E-state index in [0.717, 1.165) is 5.56 Å². The van der Waals surface area contributed by atoms with Crippen LogP contribution in [-0.4, -0.2) is 16.8 Å². The Morgan fingerprint density at radius 1 is 1.07 bits per heavy atom. The van der Waals surface area contributed by atoms with Crippen molar-refractivity contribution in [3.05, 3.63) is 64.1 Å². The normalized spacial score (nSPS) is 10.6. The Labute approximate surface area is 178 Å². The number of aryl methyl sites for hydroxylation is 2. The van der Waals surface area contributed by atoms with Crippen LogP contribution < -0.4 is 10.6 Å². The molecule has 2 N–H and O–H groups in total. The molecule has 0 aliphatic carbocycles. The minimum Gasteiger partial charge on any atom is -0.441 e. The Balaban J connectivity index is 1.64. The third-order valence-electron chi connectivity index (χ3n) is 4.08. The second-order valence-electron chi connectivity index (χ2n) is 6.52. The first-order chi connectivity index (χ1) is 13.8. The largest absolute Gasteiger partial charge is 0.441 e. The molecule has 1 heterocycles. The maximum absolute atomic E-state index is 12.4. The summed E-state index contributed by atoms with van der Waals surface area (Å²) >= 11 is 12.1. The predicted molar refractivity (Wildman–Crippen MR) is 114 cm³/mol. The first-order valence-corrected chi connectivity index (χ1v) is 9.65. The van der Waals surface area contributed by atoms with E-state index in [1.165, 1.54) is 6.92 Å². The molecule has 6 nitrogen and oxygen atoms in total.